The lowest BCUT2D eigenvalue weighted by Gasteiger charge is -2.13. The zero-order valence-electron chi connectivity index (χ0n) is 15.7. The quantitative estimate of drug-likeness (QED) is 0.537. The van der Waals surface area contributed by atoms with Crippen molar-refractivity contribution in [3.8, 4) is 0 Å². The minimum Gasteiger partial charge on any atom is -0.323 e. The van der Waals surface area contributed by atoms with E-state index in [4.69, 9.17) is 4.98 Å². The van der Waals surface area contributed by atoms with E-state index in [1.165, 1.54) is 11.1 Å². The van der Waals surface area contributed by atoms with Crippen molar-refractivity contribution in [1.82, 2.24) is 9.55 Å². The van der Waals surface area contributed by atoms with Gasteiger partial charge in [0.15, 0.2) is 0 Å². The van der Waals surface area contributed by atoms with Gasteiger partial charge in [-0.05, 0) is 23.1 Å². The number of rotatable bonds is 3. The predicted molar refractivity (Wildman–Crippen MR) is 112 cm³/mol. The fourth-order valence-electron chi connectivity index (χ4n) is 3.82. The minimum atomic E-state index is 0.332. The Morgan fingerprint density at radius 3 is 2.38 bits per heavy atom. The van der Waals surface area contributed by atoms with E-state index >= 15 is 0 Å². The molecule has 0 aliphatic heterocycles. The molecule has 0 saturated carbocycles. The van der Waals surface area contributed by atoms with Crippen molar-refractivity contribution in [2.75, 3.05) is 0 Å². The van der Waals surface area contributed by atoms with Crippen LogP contribution in [0.1, 0.15) is 36.7 Å². The highest BCUT2D eigenvalue weighted by Gasteiger charge is 2.17. The van der Waals surface area contributed by atoms with Crippen LogP contribution in [0.25, 0.3) is 35.0 Å². The van der Waals surface area contributed by atoms with Crippen LogP contribution >= 0.6 is 0 Å². The van der Waals surface area contributed by atoms with Crippen molar-refractivity contribution in [3.63, 3.8) is 0 Å². The van der Waals surface area contributed by atoms with Gasteiger partial charge in [0.25, 0.3) is 0 Å². The molecule has 0 radical (unpaired) electrons. The average molecular weight is 340 g/mol. The molecule has 0 atom stereocenters. The van der Waals surface area contributed by atoms with Crippen LogP contribution in [-0.4, -0.2) is 9.55 Å². The Kier molecular flexibility index (Phi) is 3.91. The minimum absolute atomic E-state index is 0.332. The number of aryl methyl sites for hydroxylation is 1. The predicted octanol–water partition coefficient (Wildman–Crippen LogP) is 4.49. The summed E-state index contributed by atoms with van der Waals surface area (Å²) in [6.45, 7) is 16.0. The van der Waals surface area contributed by atoms with E-state index in [1.54, 1.807) is 0 Å². The Labute approximate surface area is 154 Å². The lowest BCUT2D eigenvalue weighted by atomic mass is 10.1. The van der Waals surface area contributed by atoms with Crippen LogP contribution in [0.5, 0.6) is 0 Å². The fourth-order valence-corrected chi connectivity index (χ4v) is 3.82. The normalized spacial score (nSPS) is 11.7. The molecule has 0 bridgehead atoms. The smallest absolute Gasteiger partial charge is 0.112 e. The van der Waals surface area contributed by atoms with Crippen LogP contribution in [0.2, 0.25) is 0 Å². The van der Waals surface area contributed by atoms with Crippen LogP contribution < -0.4 is 10.4 Å². The van der Waals surface area contributed by atoms with Crippen LogP contribution in [0.15, 0.2) is 48.5 Å². The Bertz CT molecular complexity index is 1230. The second kappa shape index (κ2) is 6.14. The van der Waals surface area contributed by atoms with E-state index < -0.39 is 0 Å². The van der Waals surface area contributed by atoms with E-state index in [1.807, 2.05) is 0 Å². The van der Waals surface area contributed by atoms with Crippen molar-refractivity contribution in [3.05, 3.63) is 75.9 Å². The highest BCUT2D eigenvalue weighted by atomic mass is 15.1. The number of hydrogen-bond acceptors (Lipinski definition) is 1. The maximum absolute atomic E-state index is 5.06. The molecule has 130 valence electrons. The van der Waals surface area contributed by atoms with E-state index in [0.717, 1.165) is 44.6 Å². The Balaban J connectivity index is 2.09. The van der Waals surface area contributed by atoms with Gasteiger partial charge in [-0.3, -0.25) is 0 Å². The summed E-state index contributed by atoms with van der Waals surface area (Å²) in [7, 11) is 0. The largest absolute Gasteiger partial charge is 0.323 e. The molecule has 0 spiro atoms. The number of nitrogens with zero attached hydrogens (tertiary/aromatic N) is 2. The molecule has 2 heteroatoms. The van der Waals surface area contributed by atoms with Crippen LogP contribution in [0, 0.1) is 6.92 Å². The van der Waals surface area contributed by atoms with Gasteiger partial charge in [0.1, 0.15) is 5.82 Å². The second-order valence-electron chi connectivity index (χ2n) is 7.40. The molecule has 4 rings (SSSR count). The number of hydrogen-bond donors (Lipinski definition) is 0. The summed E-state index contributed by atoms with van der Waals surface area (Å²) in [6.07, 6.45) is 0. The van der Waals surface area contributed by atoms with E-state index in [2.05, 4.69) is 87.0 Å². The third-order valence-electron chi connectivity index (χ3n) is 5.09. The molecule has 26 heavy (non-hydrogen) atoms. The van der Waals surface area contributed by atoms with Crippen molar-refractivity contribution < 1.29 is 0 Å². The third kappa shape index (κ3) is 2.53. The molecule has 0 aliphatic rings. The third-order valence-corrected chi connectivity index (χ3v) is 5.09. The molecule has 3 aromatic carbocycles. The number of benzene rings is 3. The number of imidazole rings is 1. The van der Waals surface area contributed by atoms with E-state index in [9.17, 15) is 0 Å². The molecular formula is C24H24N2. The van der Waals surface area contributed by atoms with Gasteiger partial charge in [-0.2, -0.15) is 0 Å². The van der Waals surface area contributed by atoms with Gasteiger partial charge in [-0.1, -0.05) is 81.1 Å². The second-order valence-corrected chi connectivity index (χ2v) is 7.40. The lowest BCUT2D eigenvalue weighted by Crippen LogP contribution is -2.25. The first-order chi connectivity index (χ1) is 12.5. The van der Waals surface area contributed by atoms with Gasteiger partial charge >= 0.3 is 0 Å². The van der Waals surface area contributed by atoms with Crippen molar-refractivity contribution in [2.45, 2.75) is 33.2 Å². The van der Waals surface area contributed by atoms with Crippen molar-refractivity contribution in [2.24, 2.45) is 0 Å². The summed E-state index contributed by atoms with van der Waals surface area (Å²) in [4.78, 5) is 5.06. The van der Waals surface area contributed by atoms with E-state index in [-0.39, 0.29) is 0 Å². The zero-order valence-corrected chi connectivity index (χ0v) is 15.7. The molecule has 0 unspecified atom stereocenters. The van der Waals surface area contributed by atoms with E-state index in [0.29, 0.717) is 5.92 Å². The van der Waals surface area contributed by atoms with Gasteiger partial charge < -0.3 is 4.57 Å². The van der Waals surface area contributed by atoms with Gasteiger partial charge in [-0.25, -0.2) is 4.98 Å². The topological polar surface area (TPSA) is 17.8 Å². The Morgan fingerprint density at radius 2 is 1.69 bits per heavy atom. The van der Waals surface area contributed by atoms with Crippen molar-refractivity contribution in [1.29, 1.82) is 0 Å². The summed E-state index contributed by atoms with van der Waals surface area (Å²) >= 11 is 0. The zero-order chi connectivity index (χ0) is 18.4. The molecule has 4 aromatic rings. The van der Waals surface area contributed by atoms with Crippen LogP contribution in [0.4, 0.5) is 0 Å². The lowest BCUT2D eigenvalue weighted by molar-refractivity contribution is 0.682. The maximum atomic E-state index is 5.06. The molecule has 1 aromatic heterocycles. The average Bonchev–Trinajstić information content (AvgIpc) is 2.99. The fraction of sp³-hybridized carbons (Fsp3) is 0.208. The van der Waals surface area contributed by atoms with Gasteiger partial charge in [-0.15, -0.1) is 0 Å². The first-order valence-corrected chi connectivity index (χ1v) is 9.11. The molecule has 0 aliphatic carbocycles. The summed E-state index contributed by atoms with van der Waals surface area (Å²) < 4.78 is 2.33. The maximum Gasteiger partial charge on any atom is 0.112 e. The molecule has 0 fully saturated rings. The Morgan fingerprint density at radius 1 is 0.962 bits per heavy atom. The SMILES string of the molecule is C=c1c(=C)c2c(nc(C(C)C)n2Cc2cccc(C)c2)c2ccccc12. The van der Waals surface area contributed by atoms with Crippen LogP contribution in [-0.2, 0) is 6.54 Å². The van der Waals surface area contributed by atoms with Crippen LogP contribution in [0.3, 0.4) is 0 Å². The highest BCUT2D eigenvalue weighted by Crippen LogP contribution is 2.25. The Hall–Kier alpha value is -2.87. The van der Waals surface area contributed by atoms with Gasteiger partial charge in [0, 0.05) is 23.1 Å². The monoisotopic (exact) mass is 340 g/mol. The highest BCUT2D eigenvalue weighted by molar-refractivity contribution is 6.04. The molecular weight excluding hydrogens is 316 g/mol. The molecule has 1 heterocycles. The standard InChI is InChI=1S/C24H24N2/c1-15(2)24-25-22-21-12-7-6-11-20(21)17(4)18(5)23(22)26(24)14-19-10-8-9-16(3)13-19/h6-13,15H,4-5,14H2,1-3H3. The molecule has 2 nitrogen and oxygen atoms in total. The van der Waals surface area contributed by atoms with Crippen molar-refractivity contribution >= 4 is 35.0 Å². The molecule has 0 amide bonds. The summed E-state index contributed by atoms with van der Waals surface area (Å²) in [5.41, 5.74) is 4.70. The first-order valence-electron chi connectivity index (χ1n) is 9.11. The molecule has 0 N–H and O–H groups in total. The van der Waals surface area contributed by atoms with Gasteiger partial charge in [0.2, 0.25) is 0 Å². The number of aromatic nitrogens is 2. The van der Waals surface area contributed by atoms with Gasteiger partial charge in [0.05, 0.1) is 11.0 Å². The molecule has 0 saturated heterocycles. The number of fused-ring (bicyclic) bond motifs is 3. The summed E-state index contributed by atoms with van der Waals surface area (Å²) in [5, 5.41) is 4.27. The summed E-state index contributed by atoms with van der Waals surface area (Å²) in [5.74, 6) is 1.43. The summed E-state index contributed by atoms with van der Waals surface area (Å²) in [6, 6.07) is 17.0. The first kappa shape index (κ1) is 16.6.